The molecule has 0 amide bonds. The molecule has 0 heterocycles. The molecule has 3 rings (SSSR count). The summed E-state index contributed by atoms with van der Waals surface area (Å²) in [7, 11) is 0. The molecule has 0 spiro atoms. The number of aliphatic hydroxyl groups excluding tert-OH is 1. The zero-order valence-electron chi connectivity index (χ0n) is 11.4. The molecule has 0 radical (unpaired) electrons. The summed E-state index contributed by atoms with van der Waals surface area (Å²) in [6.07, 6.45) is 5.89. The number of nitrogens with two attached hydrogens (primary N) is 1. The van der Waals surface area contributed by atoms with Crippen LogP contribution in [0.5, 0.6) is 0 Å². The van der Waals surface area contributed by atoms with Crippen LogP contribution in [0.1, 0.15) is 42.9 Å². The Balaban J connectivity index is 1.49. The van der Waals surface area contributed by atoms with Gasteiger partial charge < -0.3 is 15.2 Å². The first-order valence-corrected chi connectivity index (χ1v) is 7.53. The lowest BCUT2D eigenvalue weighted by molar-refractivity contribution is -0.674. The first-order valence-electron chi connectivity index (χ1n) is 7.53. The van der Waals surface area contributed by atoms with Gasteiger partial charge in [0.2, 0.25) is 0 Å². The van der Waals surface area contributed by atoms with Crippen molar-refractivity contribution in [1.82, 2.24) is 0 Å². The number of aryl methyl sites for hydroxylation is 1. The van der Waals surface area contributed by atoms with Crippen LogP contribution in [-0.2, 0) is 11.2 Å². The monoisotopic (exact) mass is 262 g/mol. The molecule has 1 aromatic rings. The van der Waals surface area contributed by atoms with Crippen molar-refractivity contribution in [3.05, 3.63) is 35.4 Å². The zero-order chi connectivity index (χ0) is 13.1. The molecule has 1 saturated carbocycles. The van der Waals surface area contributed by atoms with Gasteiger partial charge in [0.05, 0.1) is 18.8 Å². The lowest BCUT2D eigenvalue weighted by Crippen LogP contribution is -2.88. The fraction of sp³-hybridized carbons (Fsp3) is 0.625. The highest BCUT2D eigenvalue weighted by molar-refractivity contribution is 5.31. The van der Waals surface area contributed by atoms with Crippen molar-refractivity contribution in [1.29, 1.82) is 0 Å². The minimum absolute atomic E-state index is 0.181. The second-order valence-electron chi connectivity index (χ2n) is 5.88. The van der Waals surface area contributed by atoms with Crippen LogP contribution in [0.2, 0.25) is 0 Å². The van der Waals surface area contributed by atoms with Crippen LogP contribution in [0, 0.1) is 0 Å². The van der Waals surface area contributed by atoms with Gasteiger partial charge in [-0.25, -0.2) is 0 Å². The number of aliphatic hydroxyl groups is 1. The number of hydrogen-bond acceptors (Lipinski definition) is 2. The van der Waals surface area contributed by atoms with E-state index < -0.39 is 0 Å². The van der Waals surface area contributed by atoms with E-state index in [1.807, 2.05) is 0 Å². The molecule has 3 N–H and O–H groups in total. The average Bonchev–Trinajstić information content (AvgIpc) is 3.27. The highest BCUT2D eigenvalue weighted by Gasteiger charge is 2.26. The second kappa shape index (κ2) is 6.04. The smallest absolute Gasteiger partial charge is 0.126 e. The Hall–Kier alpha value is -0.900. The number of hydrogen-bond donors (Lipinski definition) is 2. The van der Waals surface area contributed by atoms with Gasteiger partial charge in [0.25, 0.3) is 0 Å². The van der Waals surface area contributed by atoms with E-state index in [-0.39, 0.29) is 12.2 Å². The van der Waals surface area contributed by atoms with Gasteiger partial charge in [-0.15, -0.1) is 0 Å². The van der Waals surface area contributed by atoms with Crippen LogP contribution in [0.3, 0.4) is 0 Å². The Morgan fingerprint density at radius 2 is 2.11 bits per heavy atom. The topological polar surface area (TPSA) is 46.1 Å². The maximum Gasteiger partial charge on any atom is 0.126 e. The highest BCUT2D eigenvalue weighted by atomic mass is 16.5. The molecule has 3 nitrogen and oxygen atoms in total. The molecule has 2 aliphatic carbocycles. The summed E-state index contributed by atoms with van der Waals surface area (Å²) in [5.41, 5.74) is 2.74. The Labute approximate surface area is 115 Å². The SMILES string of the molecule is O[C@@H](C[NH2+]C1CC1)CO[C@H]1CCCc2ccccc21. The quantitative estimate of drug-likeness (QED) is 0.808. The molecule has 0 aliphatic heterocycles. The zero-order valence-corrected chi connectivity index (χ0v) is 11.4. The maximum absolute atomic E-state index is 9.95. The number of ether oxygens (including phenoxy) is 1. The third kappa shape index (κ3) is 3.56. The van der Waals surface area contributed by atoms with Gasteiger partial charge in [-0.3, -0.25) is 0 Å². The number of fused-ring (bicyclic) bond motifs is 1. The summed E-state index contributed by atoms with van der Waals surface area (Å²) in [4.78, 5) is 0. The first-order chi connectivity index (χ1) is 9.33. The lowest BCUT2D eigenvalue weighted by atomic mass is 9.89. The fourth-order valence-corrected chi connectivity index (χ4v) is 2.86. The Morgan fingerprint density at radius 3 is 2.95 bits per heavy atom. The van der Waals surface area contributed by atoms with Gasteiger partial charge in [-0.1, -0.05) is 24.3 Å². The van der Waals surface area contributed by atoms with E-state index in [4.69, 9.17) is 4.74 Å². The van der Waals surface area contributed by atoms with Crippen LogP contribution in [0.15, 0.2) is 24.3 Å². The summed E-state index contributed by atoms with van der Waals surface area (Å²) in [6, 6.07) is 9.31. The van der Waals surface area contributed by atoms with Gasteiger partial charge in [-0.05, 0) is 30.4 Å². The molecule has 2 aliphatic rings. The highest BCUT2D eigenvalue weighted by Crippen LogP contribution is 2.32. The van der Waals surface area contributed by atoms with Crippen LogP contribution in [0.25, 0.3) is 0 Å². The Bertz CT molecular complexity index is 417. The molecule has 104 valence electrons. The molecule has 0 saturated heterocycles. The molecule has 0 unspecified atom stereocenters. The molecule has 1 fully saturated rings. The summed E-state index contributed by atoms with van der Waals surface area (Å²) in [5.74, 6) is 0. The van der Waals surface area contributed by atoms with Gasteiger partial charge >= 0.3 is 0 Å². The van der Waals surface area contributed by atoms with Crippen molar-refractivity contribution in [2.24, 2.45) is 0 Å². The number of rotatable bonds is 6. The largest absolute Gasteiger partial charge is 0.385 e. The van der Waals surface area contributed by atoms with Crippen LogP contribution in [-0.4, -0.2) is 30.4 Å². The third-order valence-electron chi connectivity index (χ3n) is 4.17. The number of quaternary nitrogens is 1. The standard InChI is InChI=1S/C16H23NO2/c18-14(10-17-13-8-9-13)11-19-16-7-3-5-12-4-1-2-6-15(12)16/h1-2,4,6,13-14,16-18H,3,5,7-11H2/p+1/t14-,16-/m0/s1. The Kier molecular flexibility index (Phi) is 4.16. The van der Waals surface area contributed by atoms with E-state index in [0.29, 0.717) is 6.61 Å². The van der Waals surface area contributed by atoms with Gasteiger partial charge in [0, 0.05) is 12.8 Å². The van der Waals surface area contributed by atoms with E-state index in [2.05, 4.69) is 29.6 Å². The minimum Gasteiger partial charge on any atom is -0.385 e. The van der Waals surface area contributed by atoms with Crippen molar-refractivity contribution in [2.75, 3.05) is 13.2 Å². The average molecular weight is 262 g/mol. The molecular formula is C16H24NO2+. The predicted molar refractivity (Wildman–Crippen MR) is 73.9 cm³/mol. The van der Waals surface area contributed by atoms with E-state index in [9.17, 15) is 5.11 Å². The van der Waals surface area contributed by atoms with E-state index in [0.717, 1.165) is 25.4 Å². The third-order valence-corrected chi connectivity index (χ3v) is 4.17. The van der Waals surface area contributed by atoms with E-state index in [1.54, 1.807) is 0 Å². The molecule has 3 heteroatoms. The van der Waals surface area contributed by atoms with Crippen LogP contribution < -0.4 is 5.32 Å². The first kappa shape index (κ1) is 13.1. The van der Waals surface area contributed by atoms with E-state index >= 15 is 0 Å². The van der Waals surface area contributed by atoms with Crippen molar-refractivity contribution < 1.29 is 15.2 Å². The van der Waals surface area contributed by atoms with Crippen molar-refractivity contribution in [3.8, 4) is 0 Å². The molecule has 2 atom stereocenters. The normalized spacial score (nSPS) is 23.9. The van der Waals surface area contributed by atoms with Crippen molar-refractivity contribution in [3.63, 3.8) is 0 Å². The molecule has 0 aromatic heterocycles. The summed E-state index contributed by atoms with van der Waals surface area (Å²) in [5, 5.41) is 12.2. The van der Waals surface area contributed by atoms with E-state index in [1.165, 1.54) is 30.4 Å². The van der Waals surface area contributed by atoms with Gasteiger partial charge in [0.15, 0.2) is 0 Å². The van der Waals surface area contributed by atoms with Gasteiger partial charge in [0.1, 0.15) is 12.6 Å². The molecule has 1 aromatic carbocycles. The molecule has 19 heavy (non-hydrogen) atoms. The second-order valence-corrected chi connectivity index (χ2v) is 5.88. The number of benzene rings is 1. The van der Waals surface area contributed by atoms with Crippen LogP contribution in [0.4, 0.5) is 0 Å². The minimum atomic E-state index is -0.338. The summed E-state index contributed by atoms with van der Waals surface area (Å²) in [6.45, 7) is 1.24. The fourth-order valence-electron chi connectivity index (χ4n) is 2.86. The molecular weight excluding hydrogens is 238 g/mol. The predicted octanol–water partition coefficient (Wildman–Crippen LogP) is 1.17. The molecule has 0 bridgehead atoms. The Morgan fingerprint density at radius 1 is 1.26 bits per heavy atom. The maximum atomic E-state index is 9.95. The van der Waals surface area contributed by atoms with Crippen molar-refractivity contribution in [2.45, 2.75) is 50.4 Å². The van der Waals surface area contributed by atoms with Crippen LogP contribution >= 0.6 is 0 Å². The van der Waals surface area contributed by atoms with Gasteiger partial charge in [-0.2, -0.15) is 0 Å². The van der Waals surface area contributed by atoms with Crippen molar-refractivity contribution >= 4 is 0 Å². The summed E-state index contributed by atoms with van der Waals surface area (Å²) < 4.78 is 5.95. The lowest BCUT2D eigenvalue weighted by Gasteiger charge is -2.26. The summed E-state index contributed by atoms with van der Waals surface area (Å²) >= 11 is 0.